The van der Waals surface area contributed by atoms with Crippen LogP contribution in [0, 0.1) is 5.82 Å². The van der Waals surface area contributed by atoms with Gasteiger partial charge < -0.3 is 10.1 Å². The first-order valence-corrected chi connectivity index (χ1v) is 12.1. The van der Waals surface area contributed by atoms with Crippen LogP contribution in [0.2, 0.25) is 5.02 Å². The summed E-state index contributed by atoms with van der Waals surface area (Å²) in [6.45, 7) is 0.640. The molecule has 0 spiro atoms. The number of benzene rings is 1. The lowest BCUT2D eigenvalue weighted by Crippen LogP contribution is -2.59. The second kappa shape index (κ2) is 8.85. The van der Waals surface area contributed by atoms with E-state index in [1.54, 1.807) is 11.6 Å². The summed E-state index contributed by atoms with van der Waals surface area (Å²) in [5.74, 6) is -1.13. The van der Waals surface area contributed by atoms with Crippen LogP contribution in [0.1, 0.15) is 30.3 Å². The van der Waals surface area contributed by atoms with Gasteiger partial charge in [-0.2, -0.15) is 17.4 Å². The Hall–Kier alpha value is -1.63. The fraction of sp³-hybridized carbons (Fsp3) is 0.444. The minimum absolute atomic E-state index is 0.0716. The van der Waals surface area contributed by atoms with Crippen molar-refractivity contribution in [3.63, 3.8) is 0 Å². The Morgan fingerprint density at radius 3 is 2.97 bits per heavy atom. The van der Waals surface area contributed by atoms with E-state index in [9.17, 15) is 17.6 Å². The topological polar surface area (TPSA) is 101 Å². The van der Waals surface area contributed by atoms with Crippen molar-refractivity contribution in [2.75, 3.05) is 18.5 Å². The zero-order chi connectivity index (χ0) is 21.3. The van der Waals surface area contributed by atoms with Gasteiger partial charge in [0.2, 0.25) is 5.91 Å². The van der Waals surface area contributed by atoms with E-state index in [4.69, 9.17) is 16.3 Å². The molecule has 0 aliphatic carbocycles. The van der Waals surface area contributed by atoms with Crippen molar-refractivity contribution in [1.29, 1.82) is 0 Å². The highest BCUT2D eigenvalue weighted by Crippen LogP contribution is 2.32. The summed E-state index contributed by atoms with van der Waals surface area (Å²) < 4.78 is 48.8. The standard InChI is InChI=1S/C18H20ClFN4O4S2/c19-13-8-11(3-4-14(13)20)22-17(25)16-9-15(18-21-5-7-29-18)23-30(26,27)24(16)10-12-2-1-6-28-12/h3-5,7-8,12,15-16,23H,1-2,6,9-10H2,(H,22,25)/t12?,15-,16+/m1/s1. The predicted molar refractivity (Wildman–Crippen MR) is 111 cm³/mol. The van der Waals surface area contributed by atoms with Crippen LogP contribution in [0.5, 0.6) is 0 Å². The molecule has 2 fully saturated rings. The maximum Gasteiger partial charge on any atom is 0.280 e. The molecular weight excluding hydrogens is 455 g/mol. The van der Waals surface area contributed by atoms with E-state index in [2.05, 4.69) is 15.0 Å². The second-order valence-electron chi connectivity index (χ2n) is 7.12. The monoisotopic (exact) mass is 474 g/mol. The smallest absolute Gasteiger partial charge is 0.280 e. The van der Waals surface area contributed by atoms with Gasteiger partial charge in [-0.05, 0) is 37.5 Å². The van der Waals surface area contributed by atoms with E-state index in [1.807, 2.05) is 0 Å². The van der Waals surface area contributed by atoms with Crippen molar-refractivity contribution in [1.82, 2.24) is 14.0 Å². The lowest BCUT2D eigenvalue weighted by molar-refractivity contribution is -0.120. The quantitative estimate of drug-likeness (QED) is 0.694. The molecule has 3 atom stereocenters. The van der Waals surface area contributed by atoms with E-state index in [0.29, 0.717) is 11.6 Å². The maximum absolute atomic E-state index is 13.4. The first-order valence-electron chi connectivity index (χ1n) is 9.39. The van der Waals surface area contributed by atoms with Crippen molar-refractivity contribution < 1.29 is 22.3 Å². The molecule has 1 amide bonds. The van der Waals surface area contributed by atoms with Crippen LogP contribution < -0.4 is 10.0 Å². The Bertz CT molecular complexity index is 1020. The fourth-order valence-corrected chi connectivity index (χ4v) is 6.15. The number of ether oxygens (including phenoxy) is 1. The predicted octanol–water partition coefficient (Wildman–Crippen LogP) is 2.70. The normalized spacial score (nSPS) is 26.5. The molecule has 0 saturated carbocycles. The molecule has 2 aliphatic rings. The summed E-state index contributed by atoms with van der Waals surface area (Å²) in [5.41, 5.74) is 0.283. The van der Waals surface area contributed by atoms with Gasteiger partial charge in [0.25, 0.3) is 10.2 Å². The number of hydrogen-bond acceptors (Lipinski definition) is 6. The number of halogens is 2. The van der Waals surface area contributed by atoms with E-state index in [-0.39, 0.29) is 29.8 Å². The average molecular weight is 475 g/mol. The molecule has 2 saturated heterocycles. The summed E-state index contributed by atoms with van der Waals surface area (Å²) in [4.78, 5) is 17.3. The van der Waals surface area contributed by atoms with E-state index in [1.165, 1.54) is 23.5 Å². The third-order valence-corrected chi connectivity index (χ3v) is 7.84. The number of carbonyl (C=O) groups is 1. The van der Waals surface area contributed by atoms with Crippen LogP contribution in [0.3, 0.4) is 0 Å². The third-order valence-electron chi connectivity index (χ3n) is 5.05. The van der Waals surface area contributed by atoms with E-state index >= 15 is 0 Å². The molecule has 3 heterocycles. The van der Waals surface area contributed by atoms with Crippen LogP contribution in [0.15, 0.2) is 29.8 Å². The average Bonchev–Trinajstić information content (AvgIpc) is 3.40. The van der Waals surface area contributed by atoms with Crippen molar-refractivity contribution >= 4 is 44.7 Å². The molecule has 162 valence electrons. The molecule has 4 rings (SSSR count). The number of nitrogens with zero attached hydrogens (tertiary/aromatic N) is 2. The Labute approximate surface area is 182 Å². The molecule has 1 aromatic carbocycles. The first kappa shape index (κ1) is 21.6. The van der Waals surface area contributed by atoms with Gasteiger partial charge in [-0.1, -0.05) is 11.6 Å². The van der Waals surface area contributed by atoms with E-state index < -0.39 is 34.0 Å². The number of amides is 1. The van der Waals surface area contributed by atoms with Gasteiger partial charge in [0.05, 0.1) is 17.2 Å². The van der Waals surface area contributed by atoms with Gasteiger partial charge in [0.15, 0.2) is 0 Å². The summed E-state index contributed by atoms with van der Waals surface area (Å²) in [6, 6.07) is 2.19. The molecule has 8 nitrogen and oxygen atoms in total. The van der Waals surface area contributed by atoms with Gasteiger partial charge in [-0.3, -0.25) is 4.79 Å². The zero-order valence-corrected chi connectivity index (χ0v) is 18.1. The highest BCUT2D eigenvalue weighted by atomic mass is 35.5. The molecule has 2 aliphatic heterocycles. The van der Waals surface area contributed by atoms with Crippen LogP contribution in [0.25, 0.3) is 0 Å². The first-order chi connectivity index (χ1) is 14.3. The van der Waals surface area contributed by atoms with Gasteiger partial charge in [0, 0.05) is 30.4 Å². The van der Waals surface area contributed by atoms with Crippen LogP contribution >= 0.6 is 22.9 Å². The van der Waals surface area contributed by atoms with Gasteiger partial charge in [-0.25, -0.2) is 9.37 Å². The summed E-state index contributed by atoms with van der Waals surface area (Å²) in [5, 5.41) is 4.85. The number of hydrogen-bond donors (Lipinski definition) is 2. The molecule has 30 heavy (non-hydrogen) atoms. The van der Waals surface area contributed by atoms with Crippen LogP contribution in [-0.4, -0.2) is 48.9 Å². The number of thiazole rings is 1. The highest BCUT2D eigenvalue weighted by molar-refractivity contribution is 7.87. The molecule has 0 bridgehead atoms. The number of rotatable bonds is 5. The third kappa shape index (κ3) is 4.66. The van der Waals surface area contributed by atoms with Crippen molar-refractivity contribution in [2.24, 2.45) is 0 Å². The van der Waals surface area contributed by atoms with Crippen LogP contribution in [-0.2, 0) is 19.7 Å². The van der Waals surface area contributed by atoms with Crippen molar-refractivity contribution in [3.8, 4) is 0 Å². The highest BCUT2D eigenvalue weighted by Gasteiger charge is 2.44. The lowest BCUT2D eigenvalue weighted by atomic mass is 10.1. The fourth-order valence-electron chi connectivity index (χ4n) is 3.61. The molecule has 2 aromatic rings. The Kier molecular flexibility index (Phi) is 6.37. The Balaban J connectivity index is 1.61. The number of carbonyl (C=O) groups excluding carboxylic acids is 1. The number of nitrogens with one attached hydrogen (secondary N) is 2. The van der Waals surface area contributed by atoms with Gasteiger partial charge in [-0.15, -0.1) is 11.3 Å². The Morgan fingerprint density at radius 2 is 2.30 bits per heavy atom. The van der Waals surface area contributed by atoms with E-state index in [0.717, 1.165) is 23.2 Å². The molecule has 1 aromatic heterocycles. The van der Waals surface area contributed by atoms with Crippen LogP contribution in [0.4, 0.5) is 10.1 Å². The maximum atomic E-state index is 13.4. The van der Waals surface area contributed by atoms with Crippen molar-refractivity contribution in [3.05, 3.63) is 45.6 Å². The molecule has 12 heteroatoms. The zero-order valence-electron chi connectivity index (χ0n) is 15.8. The Morgan fingerprint density at radius 1 is 1.47 bits per heavy atom. The van der Waals surface area contributed by atoms with Crippen molar-refractivity contribution in [2.45, 2.75) is 37.5 Å². The minimum atomic E-state index is -3.96. The minimum Gasteiger partial charge on any atom is -0.377 e. The molecular formula is C18H20ClFN4O4S2. The lowest BCUT2D eigenvalue weighted by Gasteiger charge is -2.38. The number of anilines is 1. The molecule has 2 N–H and O–H groups in total. The summed E-state index contributed by atoms with van der Waals surface area (Å²) in [7, 11) is -3.96. The molecule has 1 unspecified atom stereocenters. The molecule has 0 radical (unpaired) electrons. The summed E-state index contributed by atoms with van der Waals surface area (Å²) >= 11 is 7.11. The van der Waals surface area contributed by atoms with Gasteiger partial charge >= 0.3 is 0 Å². The SMILES string of the molecule is O=C(Nc1ccc(F)c(Cl)c1)[C@@H]1C[C@H](c2nccs2)NS(=O)(=O)N1CC1CCCO1. The van der Waals surface area contributed by atoms with Gasteiger partial charge in [0.1, 0.15) is 16.9 Å². The summed E-state index contributed by atoms with van der Waals surface area (Å²) in [6.07, 6.45) is 3.08. The number of aromatic nitrogens is 1. The second-order valence-corrected chi connectivity index (χ2v) is 10.1. The largest absolute Gasteiger partial charge is 0.377 e.